The van der Waals surface area contributed by atoms with Gasteiger partial charge in [0.05, 0.1) is 5.92 Å². The minimum Gasteiger partial charge on any atom is -0.364 e. The van der Waals surface area contributed by atoms with Gasteiger partial charge in [0.2, 0.25) is 0 Å². The highest BCUT2D eigenvalue weighted by Gasteiger charge is 2.64. The number of nitrogens with one attached hydrogen (secondary N) is 1. The van der Waals surface area contributed by atoms with E-state index in [1.165, 1.54) is 32.2 Å². The Morgan fingerprint density at radius 3 is 2.48 bits per heavy atom. The molecule has 1 fully saturated rings. The van der Waals surface area contributed by atoms with Crippen LogP contribution in [0.1, 0.15) is 52.5 Å². The fourth-order valence-corrected chi connectivity index (χ4v) is 3.64. The molecule has 0 aliphatic heterocycles. The van der Waals surface area contributed by atoms with E-state index in [1.807, 2.05) is 0 Å². The van der Waals surface area contributed by atoms with E-state index in [4.69, 9.17) is 5.73 Å². The second-order valence-electron chi connectivity index (χ2n) is 8.07. The van der Waals surface area contributed by atoms with Gasteiger partial charge >= 0.3 is 6.18 Å². The highest BCUT2D eigenvalue weighted by molar-refractivity contribution is 6.04. The van der Waals surface area contributed by atoms with Crippen LogP contribution in [0.5, 0.6) is 0 Å². The smallest absolute Gasteiger partial charge is 0.364 e. The maximum Gasteiger partial charge on any atom is 0.392 e. The predicted octanol–water partition coefficient (Wildman–Crippen LogP) is 3.64. The van der Waals surface area contributed by atoms with E-state index in [-0.39, 0.29) is 35.6 Å². The summed E-state index contributed by atoms with van der Waals surface area (Å²) >= 11 is 0. The van der Waals surface area contributed by atoms with Crippen molar-refractivity contribution in [1.82, 2.24) is 14.8 Å². The Bertz CT molecular complexity index is 1040. The summed E-state index contributed by atoms with van der Waals surface area (Å²) in [4.78, 5) is 27.9. The first-order chi connectivity index (χ1) is 14.1. The van der Waals surface area contributed by atoms with Crippen molar-refractivity contribution in [2.45, 2.75) is 45.8 Å². The molecular weight excluding hydrogens is 425 g/mol. The van der Waals surface area contributed by atoms with E-state index < -0.39 is 40.9 Å². The number of aromatic nitrogens is 3. The fraction of sp³-hybridized carbons (Fsp3) is 0.474. The lowest BCUT2D eigenvalue weighted by atomic mass is 10.1. The molecule has 2 aromatic heterocycles. The molecule has 0 bridgehead atoms. The summed E-state index contributed by atoms with van der Waals surface area (Å²) in [6.45, 7) is 2.85. The molecule has 2 heterocycles. The van der Waals surface area contributed by atoms with Crippen molar-refractivity contribution in [1.29, 1.82) is 0 Å². The third kappa shape index (κ3) is 4.52. The van der Waals surface area contributed by atoms with Gasteiger partial charge in [-0.05, 0) is 30.9 Å². The Morgan fingerprint density at radius 1 is 1.32 bits per heavy atom. The molecule has 168 valence electrons. The Balaban J connectivity index is 1.97. The van der Waals surface area contributed by atoms with Crippen LogP contribution in [0.15, 0.2) is 18.3 Å². The number of carbonyl (C=O) groups excluding carboxylic acids is 2. The van der Waals surface area contributed by atoms with Crippen molar-refractivity contribution >= 4 is 17.5 Å². The normalized spacial score (nSPS) is 21.1. The predicted molar refractivity (Wildman–Crippen MR) is 99.5 cm³/mol. The van der Waals surface area contributed by atoms with E-state index in [1.54, 1.807) is 0 Å². The number of primary amides is 1. The molecule has 0 spiro atoms. The standard InChI is InChI=1S/C19H20F5N5O2/c1-9-13(16(31)27-10-4-5-26-11(6-10)15(25)30)29(28-14(9)18(3,20)21)8-17(2)7-12(17)19(22,23)24/h4-6,12H,7-8H2,1-3H3,(H2,25,30)(H,26,27,31). The summed E-state index contributed by atoms with van der Waals surface area (Å²) in [6, 6.07) is 2.53. The van der Waals surface area contributed by atoms with Crippen LogP contribution in [-0.2, 0) is 12.5 Å². The first kappa shape index (κ1) is 22.6. The molecule has 3 N–H and O–H groups in total. The van der Waals surface area contributed by atoms with Crippen LogP contribution in [-0.4, -0.2) is 32.8 Å². The SMILES string of the molecule is Cc1c(C(C)(F)F)nn(CC2(C)CC2C(F)(F)F)c1C(=O)Nc1ccnc(C(N)=O)c1. The Labute approximate surface area is 173 Å². The lowest BCUT2D eigenvalue weighted by molar-refractivity contribution is -0.156. The quantitative estimate of drug-likeness (QED) is 0.663. The molecule has 31 heavy (non-hydrogen) atoms. The summed E-state index contributed by atoms with van der Waals surface area (Å²) in [7, 11) is 0. The zero-order valence-corrected chi connectivity index (χ0v) is 16.8. The number of carbonyl (C=O) groups is 2. The lowest BCUT2D eigenvalue weighted by Gasteiger charge is -2.16. The summed E-state index contributed by atoms with van der Waals surface area (Å²) in [5, 5.41) is 6.22. The molecule has 0 aromatic carbocycles. The molecule has 2 amide bonds. The zero-order chi connectivity index (χ0) is 23.4. The van der Waals surface area contributed by atoms with Gasteiger partial charge in [0, 0.05) is 30.9 Å². The highest BCUT2D eigenvalue weighted by Crippen LogP contribution is 2.61. The van der Waals surface area contributed by atoms with Crippen LogP contribution in [0.3, 0.4) is 0 Å². The molecule has 2 unspecified atom stereocenters. The van der Waals surface area contributed by atoms with Gasteiger partial charge in [0.1, 0.15) is 17.1 Å². The number of nitrogens with zero attached hydrogens (tertiary/aromatic N) is 3. The number of alkyl halides is 5. The Morgan fingerprint density at radius 2 is 1.97 bits per heavy atom. The molecule has 7 nitrogen and oxygen atoms in total. The molecule has 1 saturated carbocycles. The summed E-state index contributed by atoms with van der Waals surface area (Å²) in [5.41, 5.74) is 2.72. The van der Waals surface area contributed by atoms with Crippen LogP contribution >= 0.6 is 0 Å². The maximum atomic E-state index is 14.0. The second-order valence-corrected chi connectivity index (χ2v) is 8.07. The van der Waals surface area contributed by atoms with E-state index in [0.717, 1.165) is 4.68 Å². The van der Waals surface area contributed by atoms with Crippen molar-refractivity contribution in [3.63, 3.8) is 0 Å². The van der Waals surface area contributed by atoms with Crippen molar-refractivity contribution in [3.8, 4) is 0 Å². The average molecular weight is 445 g/mol. The van der Waals surface area contributed by atoms with E-state index in [2.05, 4.69) is 15.4 Å². The van der Waals surface area contributed by atoms with Gasteiger partial charge in [0.25, 0.3) is 17.7 Å². The molecule has 0 saturated heterocycles. The number of nitrogens with two attached hydrogens (primary N) is 1. The number of halogens is 5. The highest BCUT2D eigenvalue weighted by atomic mass is 19.4. The number of pyridine rings is 1. The third-order valence-corrected chi connectivity index (χ3v) is 5.35. The average Bonchev–Trinajstić information content (AvgIpc) is 3.19. The van der Waals surface area contributed by atoms with Crippen LogP contribution in [0.4, 0.5) is 27.6 Å². The molecule has 3 rings (SSSR count). The number of amides is 2. The van der Waals surface area contributed by atoms with Gasteiger partial charge in [-0.15, -0.1) is 0 Å². The van der Waals surface area contributed by atoms with Crippen LogP contribution in [0.2, 0.25) is 0 Å². The number of rotatable bonds is 6. The van der Waals surface area contributed by atoms with Crippen molar-refractivity contribution in [3.05, 3.63) is 41.0 Å². The molecular formula is C19H20F5N5O2. The fourth-order valence-electron chi connectivity index (χ4n) is 3.64. The van der Waals surface area contributed by atoms with Crippen LogP contribution in [0, 0.1) is 18.3 Å². The Kier molecular flexibility index (Phi) is 5.31. The molecule has 2 atom stereocenters. The minimum atomic E-state index is -4.43. The van der Waals surface area contributed by atoms with Crippen molar-refractivity contribution < 1.29 is 31.5 Å². The largest absolute Gasteiger partial charge is 0.392 e. The van der Waals surface area contributed by atoms with E-state index >= 15 is 0 Å². The van der Waals surface area contributed by atoms with Gasteiger partial charge < -0.3 is 11.1 Å². The van der Waals surface area contributed by atoms with Crippen LogP contribution in [0.25, 0.3) is 0 Å². The van der Waals surface area contributed by atoms with Crippen molar-refractivity contribution in [2.24, 2.45) is 17.1 Å². The number of anilines is 1. The molecule has 1 aliphatic rings. The van der Waals surface area contributed by atoms with Gasteiger partial charge in [-0.1, -0.05) is 6.92 Å². The van der Waals surface area contributed by atoms with Gasteiger partial charge in [-0.2, -0.15) is 27.1 Å². The summed E-state index contributed by atoms with van der Waals surface area (Å²) in [6.07, 6.45) is -3.41. The van der Waals surface area contributed by atoms with Gasteiger partial charge in [-0.3, -0.25) is 19.3 Å². The first-order valence-corrected chi connectivity index (χ1v) is 9.23. The second kappa shape index (κ2) is 7.27. The van der Waals surface area contributed by atoms with Gasteiger partial charge in [0.15, 0.2) is 0 Å². The van der Waals surface area contributed by atoms with Crippen molar-refractivity contribution in [2.75, 3.05) is 5.32 Å². The summed E-state index contributed by atoms with van der Waals surface area (Å²) in [5.74, 6) is -6.72. The maximum absolute atomic E-state index is 14.0. The number of hydrogen-bond acceptors (Lipinski definition) is 4. The molecule has 2 aromatic rings. The monoisotopic (exact) mass is 445 g/mol. The minimum absolute atomic E-state index is 0.108. The van der Waals surface area contributed by atoms with Gasteiger partial charge in [-0.25, -0.2) is 0 Å². The first-order valence-electron chi connectivity index (χ1n) is 9.23. The van der Waals surface area contributed by atoms with Crippen LogP contribution < -0.4 is 11.1 Å². The third-order valence-electron chi connectivity index (χ3n) is 5.35. The van der Waals surface area contributed by atoms with E-state index in [0.29, 0.717) is 6.92 Å². The zero-order valence-electron chi connectivity index (χ0n) is 16.8. The molecule has 0 radical (unpaired) electrons. The molecule has 1 aliphatic carbocycles. The topological polar surface area (TPSA) is 103 Å². The lowest BCUT2D eigenvalue weighted by Crippen LogP contribution is -2.24. The number of hydrogen-bond donors (Lipinski definition) is 2. The summed E-state index contributed by atoms with van der Waals surface area (Å²) < 4.78 is 68.2. The van der Waals surface area contributed by atoms with E-state index in [9.17, 15) is 31.5 Å². The molecule has 12 heteroatoms. The Hall–Kier alpha value is -3.05.